The Labute approximate surface area is 604 Å². The molecule has 0 aliphatic carbocycles. The summed E-state index contributed by atoms with van der Waals surface area (Å²) in [4.78, 5) is 13.7. The molecule has 1 amide bonds. The van der Waals surface area contributed by atoms with Crippen LogP contribution < -0.4 is 5.32 Å². The summed E-state index contributed by atoms with van der Waals surface area (Å²) in [6.45, 7) is 6.21. The molecule has 30 atom stereocenters. The zero-order valence-corrected chi connectivity index (χ0v) is 61.6. The van der Waals surface area contributed by atoms with E-state index in [1.807, 2.05) is 0 Å². The fraction of sp³-hybridized carbons (Fsp3) is 0.986. The van der Waals surface area contributed by atoms with Gasteiger partial charge in [0.1, 0.15) is 122 Å². The average Bonchev–Trinajstić information content (AvgIpc) is 0.971. The summed E-state index contributed by atoms with van der Waals surface area (Å²) in [7, 11) is 0. The number of hydrogen-bond donors (Lipinski definition) is 18. The maximum absolute atomic E-state index is 13.7. The number of aliphatic hydroxyl groups excluding tert-OH is 17. The first-order valence-corrected chi connectivity index (χ1v) is 39.1. The van der Waals surface area contributed by atoms with Gasteiger partial charge in [-0.1, -0.05) is 220 Å². The minimum Gasteiger partial charge on any atom is -0.394 e. The van der Waals surface area contributed by atoms with E-state index >= 15 is 0 Å². The highest BCUT2D eigenvalue weighted by Crippen LogP contribution is 2.36. The van der Waals surface area contributed by atoms with Gasteiger partial charge in [0.25, 0.3) is 0 Å². The lowest BCUT2D eigenvalue weighted by atomic mass is 9.96. The molecule has 0 bridgehead atoms. The normalized spacial score (nSPS) is 35.1. The van der Waals surface area contributed by atoms with Crippen molar-refractivity contribution >= 4 is 5.91 Å². The monoisotopic (exact) mass is 1480 g/mol. The van der Waals surface area contributed by atoms with Gasteiger partial charge in [-0.2, -0.15) is 0 Å². The van der Waals surface area contributed by atoms with E-state index in [1.165, 1.54) is 142 Å². The lowest BCUT2D eigenvalue weighted by Crippen LogP contribution is -2.67. The summed E-state index contributed by atoms with van der Waals surface area (Å²) in [6, 6.07) is -1.40. The molecule has 5 aliphatic rings. The first-order valence-electron chi connectivity index (χ1n) is 39.1. The lowest BCUT2D eigenvalue weighted by molar-refractivity contribution is -0.383. The fourth-order valence-corrected chi connectivity index (χ4v) is 14.1. The van der Waals surface area contributed by atoms with Crippen molar-refractivity contribution in [3.05, 3.63) is 0 Å². The van der Waals surface area contributed by atoms with Gasteiger partial charge in [-0.3, -0.25) is 4.79 Å². The van der Waals surface area contributed by atoms with Crippen LogP contribution in [0.25, 0.3) is 0 Å². The third-order valence-electron chi connectivity index (χ3n) is 21.1. The van der Waals surface area contributed by atoms with Crippen LogP contribution in [0, 0.1) is 5.92 Å². The smallest absolute Gasteiger partial charge is 0.249 e. The SMILES string of the molecule is CCCCCCCCCCCCCCCCCCCCCC[C@@H](O)C(=O)N[C@@H](CO[C@@H]1O[C@H](CO)[C@@H](O[C@@H]2O[C@H](CO[C@@H]3O[C@H]([C@H](C)O)[C@@H](O)[C@@H]3O)[C@H](O[C@H]3O[C@H](CO[C@@H]4O[C@H]([C@H](C)O)[C@@H](O)[C@@H]4O)[C@H](O)[C@H](O)[C@H]3O)[C@H](O)[C@H]2O)[C@H](O)[C@H]1O)[C@H](O)[C@H](O)CCCCCCCCCCCC(C)CC. The second-order valence-corrected chi connectivity index (χ2v) is 29.8. The Morgan fingerprint density at radius 3 is 1.16 bits per heavy atom. The summed E-state index contributed by atoms with van der Waals surface area (Å²) in [5.41, 5.74) is 0. The van der Waals surface area contributed by atoms with Crippen LogP contribution in [-0.2, 0) is 52.2 Å². The summed E-state index contributed by atoms with van der Waals surface area (Å²) < 4.78 is 58.0. The number of rotatable bonds is 54. The van der Waals surface area contributed by atoms with E-state index in [0.717, 1.165) is 63.7 Å². The Morgan fingerprint density at radius 1 is 0.382 bits per heavy atom. The van der Waals surface area contributed by atoms with Crippen LogP contribution in [0.2, 0.25) is 0 Å². The van der Waals surface area contributed by atoms with Gasteiger partial charge in [-0.15, -0.1) is 0 Å². The zero-order valence-electron chi connectivity index (χ0n) is 61.6. The number of aliphatic hydroxyl groups is 17. The Bertz CT molecular complexity index is 2150. The number of ether oxygens (including phenoxy) is 10. The van der Waals surface area contributed by atoms with Gasteiger partial charge in [0.15, 0.2) is 31.5 Å². The van der Waals surface area contributed by atoms with Crippen LogP contribution in [0.4, 0.5) is 0 Å². The van der Waals surface area contributed by atoms with Crippen molar-refractivity contribution in [2.75, 3.05) is 26.4 Å². The number of nitrogens with one attached hydrogen (secondary N) is 1. The van der Waals surface area contributed by atoms with Crippen molar-refractivity contribution in [2.45, 2.75) is 424 Å². The third kappa shape index (κ3) is 29.7. The highest BCUT2D eigenvalue weighted by atomic mass is 16.8. The summed E-state index contributed by atoms with van der Waals surface area (Å²) in [6.07, 6.45) is -12.7. The molecule has 102 heavy (non-hydrogen) atoms. The standard InChI is InChI=1S/C73H137NO28/c1-6-8-9-10-11-12-13-14-15-16-17-18-19-20-21-22-25-29-32-35-38-48(79)68(92)74-46(52(80)47(78)37-34-31-28-26-23-24-27-30-33-36-43(3)7-2)40-93-69-62(90)57(85)66(49(39-75)96-69)101-73-63(91)58(86)67(51(98-73)42-95-71-61(89)56(84)65(100-71)45(5)77)102-72-59(87)54(82)53(81)50(97-72)41-94-70-60(88)55(83)64(99-70)44(4)76/h43-67,69-73,75-91H,6-42H2,1-5H3,(H,74,92)/t43?,44-,45-,46-,47+,48+,49+,50+,51+,52-,53-,54-,55-,56-,57+,58+,59+,60-,61-,62+,63+,64+,65+,66+,67-,69+,70+,71+,72+,73-/m0/s1. The minimum atomic E-state index is -2.21. The number of carbonyl (C=O) groups is 1. The molecule has 0 aromatic carbocycles. The Balaban J connectivity index is 1.18. The Morgan fingerprint density at radius 2 is 0.735 bits per heavy atom. The maximum atomic E-state index is 13.7. The molecule has 1 unspecified atom stereocenters. The van der Waals surface area contributed by atoms with Crippen LogP contribution in [0.15, 0.2) is 0 Å². The van der Waals surface area contributed by atoms with E-state index in [4.69, 9.17) is 47.4 Å². The van der Waals surface area contributed by atoms with E-state index < -0.39 is 210 Å². The molecule has 5 aliphatic heterocycles. The maximum Gasteiger partial charge on any atom is 0.249 e. The zero-order chi connectivity index (χ0) is 74.8. The van der Waals surface area contributed by atoms with E-state index in [2.05, 4.69) is 26.1 Å². The minimum absolute atomic E-state index is 0.129. The van der Waals surface area contributed by atoms with Gasteiger partial charge in [0.2, 0.25) is 5.91 Å². The van der Waals surface area contributed by atoms with E-state index in [-0.39, 0.29) is 12.8 Å². The topological polar surface area (TPSA) is 465 Å². The van der Waals surface area contributed by atoms with Gasteiger partial charge < -0.3 is 139 Å². The average molecular weight is 1480 g/mol. The molecule has 0 saturated carbocycles. The van der Waals surface area contributed by atoms with Crippen molar-refractivity contribution in [3.63, 3.8) is 0 Å². The van der Waals surface area contributed by atoms with E-state index in [9.17, 15) is 91.6 Å². The molecule has 5 heterocycles. The largest absolute Gasteiger partial charge is 0.394 e. The summed E-state index contributed by atoms with van der Waals surface area (Å²) in [5, 5.41) is 190. The van der Waals surface area contributed by atoms with Crippen LogP contribution in [-0.4, -0.2) is 297 Å². The molecule has 602 valence electrons. The molecule has 0 aromatic rings. The van der Waals surface area contributed by atoms with Crippen LogP contribution >= 0.6 is 0 Å². The second kappa shape index (κ2) is 49.5. The van der Waals surface area contributed by atoms with Crippen molar-refractivity contribution in [1.29, 1.82) is 0 Å². The summed E-state index contributed by atoms with van der Waals surface area (Å²) >= 11 is 0. The molecule has 0 aromatic heterocycles. The molecule has 5 saturated heterocycles. The highest BCUT2D eigenvalue weighted by Gasteiger charge is 2.56. The van der Waals surface area contributed by atoms with Crippen LogP contribution in [0.3, 0.4) is 0 Å². The first-order chi connectivity index (χ1) is 48.9. The molecule has 5 fully saturated rings. The molecule has 29 nitrogen and oxygen atoms in total. The van der Waals surface area contributed by atoms with Crippen LogP contribution in [0.1, 0.15) is 247 Å². The van der Waals surface area contributed by atoms with Gasteiger partial charge in [0, 0.05) is 0 Å². The number of carbonyl (C=O) groups excluding carboxylic acids is 1. The second-order valence-electron chi connectivity index (χ2n) is 29.8. The molecule has 5 rings (SSSR count). The number of unbranched alkanes of at least 4 members (excludes halogenated alkanes) is 27. The molecule has 18 N–H and O–H groups in total. The van der Waals surface area contributed by atoms with Gasteiger partial charge in [-0.05, 0) is 32.6 Å². The summed E-state index contributed by atoms with van der Waals surface area (Å²) in [5.74, 6) is -0.0911. The molecule has 29 heteroatoms. The predicted molar refractivity (Wildman–Crippen MR) is 370 cm³/mol. The van der Waals surface area contributed by atoms with Gasteiger partial charge in [0.05, 0.1) is 50.8 Å². The molecular formula is C73H137NO28. The number of amides is 1. The molecular weight excluding hydrogens is 1340 g/mol. The van der Waals surface area contributed by atoms with Crippen molar-refractivity contribution in [2.24, 2.45) is 5.92 Å². The quantitative estimate of drug-likeness (QED) is 0.0388. The number of hydrogen-bond acceptors (Lipinski definition) is 28. The van der Waals surface area contributed by atoms with Gasteiger partial charge in [-0.25, -0.2) is 0 Å². The molecule has 0 radical (unpaired) electrons. The Hall–Kier alpha value is -1.61. The highest BCUT2D eigenvalue weighted by molar-refractivity contribution is 5.80. The van der Waals surface area contributed by atoms with E-state index in [0.29, 0.717) is 12.8 Å². The van der Waals surface area contributed by atoms with E-state index in [1.54, 1.807) is 0 Å². The Kier molecular flexibility index (Phi) is 44.2. The third-order valence-corrected chi connectivity index (χ3v) is 21.1. The van der Waals surface area contributed by atoms with Crippen molar-refractivity contribution < 1.29 is 139 Å². The van der Waals surface area contributed by atoms with Crippen molar-refractivity contribution in [3.8, 4) is 0 Å². The van der Waals surface area contributed by atoms with Gasteiger partial charge >= 0.3 is 0 Å². The lowest BCUT2D eigenvalue weighted by Gasteiger charge is -2.48. The molecule has 0 spiro atoms. The van der Waals surface area contributed by atoms with Crippen molar-refractivity contribution in [1.82, 2.24) is 5.32 Å². The first kappa shape index (κ1) is 91.0. The van der Waals surface area contributed by atoms with Crippen LogP contribution in [0.5, 0.6) is 0 Å². The fourth-order valence-electron chi connectivity index (χ4n) is 14.1. The predicted octanol–water partition coefficient (Wildman–Crippen LogP) is 2.27.